The number of ether oxygens (including phenoxy) is 2. The van der Waals surface area contributed by atoms with Gasteiger partial charge < -0.3 is 20.3 Å². The largest absolute Gasteiger partial charge is 0.573 e. The Balaban J connectivity index is 1.72. The Morgan fingerprint density at radius 2 is 1.94 bits per heavy atom. The second kappa shape index (κ2) is 8.04. The van der Waals surface area contributed by atoms with Crippen LogP contribution in [0.3, 0.4) is 0 Å². The number of amides is 1. The van der Waals surface area contributed by atoms with E-state index in [0.29, 0.717) is 42.0 Å². The molecule has 0 saturated carbocycles. The highest BCUT2D eigenvalue weighted by Crippen LogP contribution is 2.28. The van der Waals surface area contributed by atoms with Gasteiger partial charge in [0.2, 0.25) is 0 Å². The molecule has 0 aliphatic carbocycles. The zero-order valence-corrected chi connectivity index (χ0v) is 16.0. The summed E-state index contributed by atoms with van der Waals surface area (Å²) in [7, 11) is 0. The molecule has 1 aliphatic rings. The molecule has 2 aromatic heterocycles. The average Bonchev–Trinajstić information content (AvgIpc) is 3.04. The number of aliphatic hydroxyl groups excluding tert-OH is 1. The molecular weight excluding hydrogens is 419 g/mol. The van der Waals surface area contributed by atoms with Gasteiger partial charge >= 0.3 is 12.5 Å². The predicted octanol–water partition coefficient (Wildman–Crippen LogP) is 2.09. The molecular formula is C19H18F3N5O4. The molecule has 12 heteroatoms. The maximum absolute atomic E-state index is 12.4. The van der Waals surface area contributed by atoms with E-state index in [9.17, 15) is 23.1 Å². The number of hydrogen-bond acceptors (Lipinski definition) is 7. The Morgan fingerprint density at radius 1 is 1.23 bits per heavy atom. The number of alkyl halides is 3. The van der Waals surface area contributed by atoms with Gasteiger partial charge in [0.25, 0.3) is 0 Å². The van der Waals surface area contributed by atoms with Crippen molar-refractivity contribution in [1.29, 1.82) is 0 Å². The Kier molecular flexibility index (Phi) is 5.41. The summed E-state index contributed by atoms with van der Waals surface area (Å²) in [5.74, 6) is -0.366. The van der Waals surface area contributed by atoms with Crippen LogP contribution in [0.15, 0.2) is 36.5 Å². The number of benzene rings is 1. The van der Waals surface area contributed by atoms with Crippen LogP contribution in [0.5, 0.6) is 5.75 Å². The lowest BCUT2D eigenvalue weighted by Crippen LogP contribution is -2.49. The highest BCUT2D eigenvalue weighted by Gasteiger charge is 2.31. The highest BCUT2D eigenvalue weighted by molar-refractivity contribution is 5.83. The second-order valence-corrected chi connectivity index (χ2v) is 7.02. The molecule has 0 radical (unpaired) electrons. The van der Waals surface area contributed by atoms with Crippen LogP contribution >= 0.6 is 0 Å². The van der Waals surface area contributed by atoms with Crippen LogP contribution in [-0.2, 0) is 17.9 Å². The Labute approximate surface area is 173 Å². The van der Waals surface area contributed by atoms with Gasteiger partial charge in [-0.2, -0.15) is 5.10 Å². The zero-order chi connectivity index (χ0) is 22.2. The fourth-order valence-electron chi connectivity index (χ4n) is 3.44. The topological polar surface area (TPSA) is 116 Å². The Morgan fingerprint density at radius 3 is 2.55 bits per heavy atom. The summed E-state index contributed by atoms with van der Waals surface area (Å²) >= 11 is 0. The van der Waals surface area contributed by atoms with E-state index in [2.05, 4.69) is 14.8 Å². The number of hydrogen-bond donors (Lipinski definition) is 2. The zero-order valence-electron chi connectivity index (χ0n) is 16.0. The van der Waals surface area contributed by atoms with Crippen molar-refractivity contribution in [2.45, 2.75) is 25.6 Å². The predicted molar refractivity (Wildman–Crippen MR) is 101 cm³/mol. The minimum absolute atomic E-state index is 0.199. The molecule has 0 bridgehead atoms. The first kappa shape index (κ1) is 20.9. The van der Waals surface area contributed by atoms with Gasteiger partial charge in [-0.15, -0.1) is 13.2 Å². The van der Waals surface area contributed by atoms with E-state index < -0.39 is 12.5 Å². The monoisotopic (exact) mass is 437 g/mol. The molecule has 4 rings (SSSR count). The molecule has 3 N–H and O–H groups in total. The smallest absolute Gasteiger partial charge is 0.443 e. The van der Waals surface area contributed by atoms with Crippen LogP contribution in [0.1, 0.15) is 11.3 Å². The number of pyridine rings is 1. The summed E-state index contributed by atoms with van der Waals surface area (Å²) in [5, 5.41) is 14.6. The average molecular weight is 437 g/mol. The summed E-state index contributed by atoms with van der Waals surface area (Å²) < 4.78 is 47.5. The minimum atomic E-state index is -4.79. The molecule has 0 unspecified atom stereocenters. The van der Waals surface area contributed by atoms with E-state index >= 15 is 0 Å². The van der Waals surface area contributed by atoms with Gasteiger partial charge in [-0.25, -0.2) is 14.5 Å². The van der Waals surface area contributed by atoms with Crippen molar-refractivity contribution in [3.05, 3.63) is 47.8 Å². The second-order valence-electron chi connectivity index (χ2n) is 7.02. The molecule has 3 heterocycles. The van der Waals surface area contributed by atoms with Crippen molar-refractivity contribution in [2.75, 3.05) is 13.1 Å². The van der Waals surface area contributed by atoms with Crippen LogP contribution < -0.4 is 10.5 Å². The highest BCUT2D eigenvalue weighted by atomic mass is 19.4. The van der Waals surface area contributed by atoms with Gasteiger partial charge in [0, 0.05) is 25.8 Å². The fourth-order valence-corrected chi connectivity index (χ4v) is 3.44. The summed E-state index contributed by atoms with van der Waals surface area (Å²) in [4.78, 5) is 17.5. The SMILES string of the molecule is NC(=O)OCc1nn(-c2ccc(OC(F)(F)F)cc2)c2nccc(CN3CC(O)C3)c12. The summed E-state index contributed by atoms with van der Waals surface area (Å²) in [5.41, 5.74) is 7.20. The molecule has 1 aliphatic heterocycles. The summed E-state index contributed by atoms with van der Waals surface area (Å²) in [6, 6.07) is 6.95. The maximum atomic E-state index is 12.4. The van der Waals surface area contributed by atoms with Gasteiger partial charge in [0.1, 0.15) is 18.1 Å². The van der Waals surface area contributed by atoms with E-state index in [4.69, 9.17) is 10.5 Å². The molecule has 31 heavy (non-hydrogen) atoms. The van der Waals surface area contributed by atoms with E-state index in [1.165, 1.54) is 28.9 Å². The van der Waals surface area contributed by atoms with Crippen molar-refractivity contribution >= 4 is 17.1 Å². The normalized spacial score (nSPS) is 15.1. The molecule has 0 atom stereocenters. The van der Waals surface area contributed by atoms with E-state index in [1.807, 2.05) is 4.90 Å². The molecule has 164 valence electrons. The number of aliphatic hydroxyl groups is 1. The van der Waals surface area contributed by atoms with Crippen LogP contribution in [-0.4, -0.2) is 56.4 Å². The summed E-state index contributed by atoms with van der Waals surface area (Å²) in [6.45, 7) is 1.39. The van der Waals surface area contributed by atoms with Gasteiger partial charge in [-0.3, -0.25) is 4.90 Å². The molecule has 0 spiro atoms. The van der Waals surface area contributed by atoms with Crippen molar-refractivity contribution in [1.82, 2.24) is 19.7 Å². The number of aromatic nitrogens is 3. The van der Waals surface area contributed by atoms with Crippen molar-refractivity contribution < 1.29 is 32.5 Å². The van der Waals surface area contributed by atoms with Crippen molar-refractivity contribution in [3.8, 4) is 11.4 Å². The number of primary amides is 1. The van der Waals surface area contributed by atoms with E-state index in [-0.39, 0.29) is 18.5 Å². The molecule has 1 aromatic carbocycles. The molecule has 3 aromatic rings. The number of carbonyl (C=O) groups excluding carboxylic acids is 1. The Hall–Kier alpha value is -3.38. The lowest BCUT2D eigenvalue weighted by atomic mass is 10.1. The molecule has 9 nitrogen and oxygen atoms in total. The van der Waals surface area contributed by atoms with Crippen LogP contribution in [0.4, 0.5) is 18.0 Å². The first-order valence-corrected chi connectivity index (χ1v) is 9.24. The van der Waals surface area contributed by atoms with Crippen LogP contribution in [0.2, 0.25) is 0 Å². The third-order valence-electron chi connectivity index (χ3n) is 4.73. The van der Waals surface area contributed by atoms with E-state index in [0.717, 1.165) is 5.56 Å². The third kappa shape index (κ3) is 4.70. The molecule has 1 amide bonds. The Bertz CT molecular complexity index is 1090. The standard InChI is InChI=1S/C19H18F3N5O4/c20-19(21,22)31-14-3-1-12(2-4-14)27-17-16(15(25-27)10-30-18(23)29)11(5-6-24-17)7-26-8-13(28)9-26/h1-6,13,28H,7-10H2,(H2,23,29). The maximum Gasteiger partial charge on any atom is 0.573 e. The van der Waals surface area contributed by atoms with Crippen LogP contribution in [0.25, 0.3) is 16.7 Å². The van der Waals surface area contributed by atoms with Gasteiger partial charge in [-0.1, -0.05) is 0 Å². The van der Waals surface area contributed by atoms with Gasteiger partial charge in [0.15, 0.2) is 5.65 Å². The minimum Gasteiger partial charge on any atom is -0.443 e. The summed E-state index contributed by atoms with van der Waals surface area (Å²) in [6.07, 6.45) is -4.53. The quantitative estimate of drug-likeness (QED) is 0.607. The number of halogens is 3. The number of nitrogens with two attached hydrogens (primary N) is 1. The first-order valence-electron chi connectivity index (χ1n) is 9.24. The van der Waals surface area contributed by atoms with Crippen molar-refractivity contribution in [2.24, 2.45) is 5.73 Å². The number of carbonyl (C=O) groups is 1. The van der Waals surface area contributed by atoms with E-state index in [1.54, 1.807) is 12.3 Å². The third-order valence-corrected chi connectivity index (χ3v) is 4.73. The molecule has 1 saturated heterocycles. The van der Waals surface area contributed by atoms with Crippen LogP contribution in [0, 0.1) is 0 Å². The number of fused-ring (bicyclic) bond motifs is 1. The first-order chi connectivity index (χ1) is 14.7. The number of likely N-dealkylation sites (tertiary alicyclic amines) is 1. The fraction of sp³-hybridized carbons (Fsp3) is 0.316. The number of rotatable bonds is 6. The van der Waals surface area contributed by atoms with Gasteiger partial charge in [-0.05, 0) is 35.9 Å². The van der Waals surface area contributed by atoms with Crippen molar-refractivity contribution in [3.63, 3.8) is 0 Å². The lowest BCUT2D eigenvalue weighted by molar-refractivity contribution is -0.274. The number of β-amino-alcohol motifs (C(OH)–C–C–N with tert-alkyl or cyclic N) is 1. The lowest BCUT2D eigenvalue weighted by Gasteiger charge is -2.35. The number of nitrogens with zero attached hydrogens (tertiary/aromatic N) is 4. The van der Waals surface area contributed by atoms with Gasteiger partial charge in [0.05, 0.1) is 17.2 Å². The molecule has 1 fully saturated rings.